The number of hydrogen-bond acceptors (Lipinski definition) is 8. The molecule has 2 aromatic rings. The van der Waals surface area contributed by atoms with Gasteiger partial charge in [-0.3, -0.25) is 14.9 Å². The molecule has 10 nitrogen and oxygen atoms in total. The van der Waals surface area contributed by atoms with Gasteiger partial charge in [0.1, 0.15) is 5.75 Å². The van der Waals surface area contributed by atoms with Crippen molar-refractivity contribution in [1.82, 2.24) is 0 Å². The van der Waals surface area contributed by atoms with E-state index in [9.17, 15) is 19.7 Å². The first-order valence-electron chi connectivity index (χ1n) is 9.03. The zero-order valence-corrected chi connectivity index (χ0v) is 16.7. The number of ether oxygens (including phenoxy) is 4. The predicted molar refractivity (Wildman–Crippen MR) is 107 cm³/mol. The number of carbonyl (C=O) groups excluding carboxylic acids is 2. The second-order valence-electron chi connectivity index (χ2n) is 5.93. The molecule has 0 aliphatic carbocycles. The first kappa shape index (κ1) is 22.5. The number of nitro groups is 1. The van der Waals surface area contributed by atoms with Crippen LogP contribution in [0.2, 0.25) is 0 Å². The van der Waals surface area contributed by atoms with E-state index in [1.165, 1.54) is 26.2 Å². The maximum absolute atomic E-state index is 12.3. The predicted octanol–water partition coefficient (Wildman–Crippen LogP) is 2.95. The summed E-state index contributed by atoms with van der Waals surface area (Å²) in [5.74, 6) is -0.374. The normalized spacial score (nSPS) is 11.2. The van der Waals surface area contributed by atoms with Gasteiger partial charge < -0.3 is 24.3 Å². The second kappa shape index (κ2) is 10.6. The molecule has 1 atom stereocenters. The maximum atomic E-state index is 12.3. The number of hydrogen-bond donors (Lipinski definition) is 1. The third-order valence-corrected chi connectivity index (χ3v) is 3.82. The van der Waals surface area contributed by atoms with E-state index in [-0.39, 0.29) is 17.1 Å². The molecule has 1 N–H and O–H groups in total. The summed E-state index contributed by atoms with van der Waals surface area (Å²) in [6.45, 7) is 3.19. The number of non-ortho nitro benzene ring substituents is 1. The van der Waals surface area contributed by atoms with Crippen molar-refractivity contribution < 1.29 is 33.5 Å². The molecule has 0 saturated carbocycles. The van der Waals surface area contributed by atoms with Gasteiger partial charge in [0, 0.05) is 12.1 Å². The van der Waals surface area contributed by atoms with E-state index >= 15 is 0 Å². The van der Waals surface area contributed by atoms with E-state index in [1.807, 2.05) is 6.92 Å². The molecule has 0 radical (unpaired) electrons. The molecule has 2 aromatic carbocycles. The fourth-order valence-electron chi connectivity index (χ4n) is 2.41. The Balaban J connectivity index is 1.95. The lowest BCUT2D eigenvalue weighted by Gasteiger charge is -2.16. The topological polar surface area (TPSA) is 126 Å². The molecule has 2 rings (SSSR count). The lowest BCUT2D eigenvalue weighted by atomic mass is 10.2. The molecule has 0 aliphatic heterocycles. The summed E-state index contributed by atoms with van der Waals surface area (Å²) in [5, 5.41) is 13.4. The molecule has 160 valence electrons. The monoisotopic (exact) mass is 418 g/mol. The van der Waals surface area contributed by atoms with E-state index in [2.05, 4.69) is 5.32 Å². The standard InChI is InChI=1S/C20H22N2O8/c1-4-28-17-7-5-6-8-18(17)29-12-19(23)30-13(2)20(24)21-15-11-14(22(25)26)9-10-16(15)27-3/h5-11,13H,4,12H2,1-3H3,(H,21,24). The number of nitrogens with zero attached hydrogens (tertiary/aromatic N) is 1. The third-order valence-electron chi connectivity index (χ3n) is 3.82. The highest BCUT2D eigenvalue weighted by molar-refractivity contribution is 5.96. The van der Waals surface area contributed by atoms with Crippen LogP contribution in [-0.2, 0) is 14.3 Å². The fraction of sp³-hybridized carbons (Fsp3) is 0.300. The number of methoxy groups -OCH3 is 1. The minimum atomic E-state index is -1.17. The van der Waals surface area contributed by atoms with E-state index in [4.69, 9.17) is 18.9 Å². The van der Waals surface area contributed by atoms with Gasteiger partial charge in [0.05, 0.1) is 24.3 Å². The molecule has 0 aromatic heterocycles. The Kier molecular flexibility index (Phi) is 7.98. The number of amides is 1. The Hall–Kier alpha value is -3.82. The van der Waals surface area contributed by atoms with Gasteiger partial charge in [0.2, 0.25) is 0 Å². The highest BCUT2D eigenvalue weighted by Gasteiger charge is 2.21. The smallest absolute Gasteiger partial charge is 0.344 e. The summed E-state index contributed by atoms with van der Waals surface area (Å²) < 4.78 is 21.0. The third kappa shape index (κ3) is 6.09. The summed E-state index contributed by atoms with van der Waals surface area (Å²) in [4.78, 5) is 34.7. The molecular weight excluding hydrogens is 396 g/mol. The number of carbonyl (C=O) groups is 2. The minimum absolute atomic E-state index is 0.0847. The maximum Gasteiger partial charge on any atom is 0.344 e. The lowest BCUT2D eigenvalue weighted by molar-refractivity contribution is -0.384. The highest BCUT2D eigenvalue weighted by atomic mass is 16.6. The van der Waals surface area contributed by atoms with Crippen LogP contribution in [0, 0.1) is 10.1 Å². The van der Waals surface area contributed by atoms with Crippen molar-refractivity contribution in [1.29, 1.82) is 0 Å². The summed E-state index contributed by atoms with van der Waals surface area (Å²) in [6.07, 6.45) is -1.17. The molecule has 0 aliphatic rings. The molecular formula is C20H22N2O8. The molecule has 0 saturated heterocycles. The minimum Gasteiger partial charge on any atom is -0.495 e. The largest absolute Gasteiger partial charge is 0.495 e. The SMILES string of the molecule is CCOc1ccccc1OCC(=O)OC(C)C(=O)Nc1cc([N+](=O)[O-])ccc1OC. The van der Waals surface area contributed by atoms with Crippen molar-refractivity contribution in [3.05, 3.63) is 52.6 Å². The van der Waals surface area contributed by atoms with Gasteiger partial charge in [-0.2, -0.15) is 0 Å². The van der Waals surface area contributed by atoms with Gasteiger partial charge in [0.15, 0.2) is 24.2 Å². The van der Waals surface area contributed by atoms with Crippen LogP contribution in [0.5, 0.6) is 17.2 Å². The summed E-state index contributed by atoms with van der Waals surface area (Å²) in [7, 11) is 1.36. The van der Waals surface area contributed by atoms with E-state index in [1.54, 1.807) is 24.3 Å². The van der Waals surface area contributed by atoms with Gasteiger partial charge in [-0.1, -0.05) is 12.1 Å². The van der Waals surface area contributed by atoms with Crippen LogP contribution in [0.4, 0.5) is 11.4 Å². The Morgan fingerprint density at radius 3 is 2.37 bits per heavy atom. The fourth-order valence-corrected chi connectivity index (χ4v) is 2.41. The van der Waals surface area contributed by atoms with Gasteiger partial charge in [-0.05, 0) is 32.0 Å². The number of para-hydroxylation sites is 2. The van der Waals surface area contributed by atoms with Gasteiger partial charge >= 0.3 is 5.97 Å². The van der Waals surface area contributed by atoms with Crippen molar-refractivity contribution in [2.24, 2.45) is 0 Å². The average molecular weight is 418 g/mol. The van der Waals surface area contributed by atoms with Crippen LogP contribution >= 0.6 is 0 Å². The zero-order valence-electron chi connectivity index (χ0n) is 16.7. The van der Waals surface area contributed by atoms with E-state index in [0.29, 0.717) is 18.1 Å². The second-order valence-corrected chi connectivity index (χ2v) is 5.93. The lowest BCUT2D eigenvalue weighted by Crippen LogP contribution is -2.31. The van der Waals surface area contributed by atoms with Crippen LogP contribution in [0.1, 0.15) is 13.8 Å². The molecule has 1 unspecified atom stereocenters. The summed E-state index contributed by atoms with van der Waals surface area (Å²) in [5.41, 5.74) is -0.140. The zero-order chi connectivity index (χ0) is 22.1. The molecule has 0 fully saturated rings. The first-order chi connectivity index (χ1) is 14.3. The van der Waals surface area contributed by atoms with Crippen LogP contribution in [0.3, 0.4) is 0 Å². The van der Waals surface area contributed by atoms with E-state index < -0.39 is 29.5 Å². The molecule has 0 bridgehead atoms. The number of benzene rings is 2. The Labute approximate surface area is 172 Å². The van der Waals surface area contributed by atoms with Crippen LogP contribution in [0.25, 0.3) is 0 Å². The Bertz CT molecular complexity index is 915. The molecule has 30 heavy (non-hydrogen) atoms. The molecule has 0 spiro atoms. The van der Waals surface area contributed by atoms with Gasteiger partial charge in [-0.15, -0.1) is 0 Å². The van der Waals surface area contributed by atoms with Crippen LogP contribution in [0.15, 0.2) is 42.5 Å². The number of nitro benzene ring substituents is 1. The van der Waals surface area contributed by atoms with Gasteiger partial charge in [-0.25, -0.2) is 4.79 Å². The van der Waals surface area contributed by atoms with Crippen molar-refractivity contribution in [3.63, 3.8) is 0 Å². The highest BCUT2D eigenvalue weighted by Crippen LogP contribution is 2.29. The van der Waals surface area contributed by atoms with Crippen LogP contribution in [-0.4, -0.2) is 43.2 Å². The summed E-state index contributed by atoms with van der Waals surface area (Å²) in [6, 6.07) is 10.6. The quantitative estimate of drug-likeness (QED) is 0.354. The molecule has 0 heterocycles. The number of anilines is 1. The number of nitrogens with one attached hydrogen (secondary N) is 1. The van der Waals surface area contributed by atoms with Crippen molar-refractivity contribution >= 4 is 23.3 Å². The molecule has 10 heteroatoms. The average Bonchev–Trinajstić information content (AvgIpc) is 2.73. The van der Waals surface area contributed by atoms with E-state index in [0.717, 1.165) is 6.07 Å². The Morgan fingerprint density at radius 1 is 1.10 bits per heavy atom. The van der Waals surface area contributed by atoms with Crippen molar-refractivity contribution in [3.8, 4) is 17.2 Å². The summed E-state index contributed by atoms with van der Waals surface area (Å²) >= 11 is 0. The van der Waals surface area contributed by atoms with Crippen molar-refractivity contribution in [2.45, 2.75) is 20.0 Å². The molecule has 1 amide bonds. The number of rotatable bonds is 10. The van der Waals surface area contributed by atoms with Crippen LogP contribution < -0.4 is 19.5 Å². The van der Waals surface area contributed by atoms with Crippen molar-refractivity contribution in [2.75, 3.05) is 25.6 Å². The number of esters is 1. The first-order valence-corrected chi connectivity index (χ1v) is 9.03. The Morgan fingerprint density at radius 2 is 1.77 bits per heavy atom. The van der Waals surface area contributed by atoms with Gasteiger partial charge in [0.25, 0.3) is 11.6 Å².